The second kappa shape index (κ2) is 8.33. The number of pyridine rings is 1. The van der Waals surface area contributed by atoms with Gasteiger partial charge in [-0.2, -0.15) is 0 Å². The van der Waals surface area contributed by atoms with E-state index in [9.17, 15) is 9.59 Å². The molecule has 2 rings (SSSR count). The Morgan fingerprint density at radius 1 is 1.17 bits per heavy atom. The molecule has 1 aromatic carbocycles. The zero-order valence-electron chi connectivity index (χ0n) is 12.7. The summed E-state index contributed by atoms with van der Waals surface area (Å²) in [5.41, 5.74) is 0.776. The number of hydrogen-bond donors (Lipinski definition) is 2. The van der Waals surface area contributed by atoms with E-state index in [1.54, 1.807) is 13.1 Å². The molecule has 120 valence electrons. The van der Waals surface area contributed by atoms with Gasteiger partial charge in [0, 0.05) is 6.20 Å². The number of amides is 1. The first-order valence-corrected chi connectivity index (χ1v) is 8.09. The fraction of sp³-hybridized carbons (Fsp3) is 0.235. The standard InChI is InChI=1S/C17H18N2O3S/c1-12(23-15-9-5-6-10-18-15)17(22)19-14(11-16(20)21)13-7-3-2-4-8-13/h2-10,12,14H,11H2,1H3,(H,19,22)(H,20,21). The van der Waals surface area contributed by atoms with E-state index < -0.39 is 12.0 Å². The summed E-state index contributed by atoms with van der Waals surface area (Å²) in [5, 5.41) is 12.3. The van der Waals surface area contributed by atoms with E-state index in [4.69, 9.17) is 5.11 Å². The average molecular weight is 330 g/mol. The fourth-order valence-electron chi connectivity index (χ4n) is 2.05. The second-order valence-electron chi connectivity index (χ2n) is 5.00. The third-order valence-electron chi connectivity index (χ3n) is 3.20. The molecule has 5 nitrogen and oxygen atoms in total. The van der Waals surface area contributed by atoms with Crippen molar-refractivity contribution in [3.63, 3.8) is 0 Å². The van der Waals surface area contributed by atoms with Crippen molar-refractivity contribution in [2.24, 2.45) is 0 Å². The quantitative estimate of drug-likeness (QED) is 0.763. The van der Waals surface area contributed by atoms with Crippen LogP contribution in [0.1, 0.15) is 24.9 Å². The predicted molar refractivity (Wildman–Crippen MR) is 89.1 cm³/mol. The number of thioether (sulfide) groups is 1. The third-order valence-corrected chi connectivity index (χ3v) is 4.25. The minimum absolute atomic E-state index is 0.156. The number of aromatic nitrogens is 1. The summed E-state index contributed by atoms with van der Waals surface area (Å²) in [7, 11) is 0. The molecule has 0 aliphatic rings. The number of aliphatic carboxylic acids is 1. The van der Waals surface area contributed by atoms with Crippen LogP contribution in [0.5, 0.6) is 0 Å². The molecule has 2 aromatic rings. The van der Waals surface area contributed by atoms with Crippen LogP contribution in [-0.2, 0) is 9.59 Å². The number of nitrogens with one attached hydrogen (secondary N) is 1. The highest BCUT2D eigenvalue weighted by atomic mass is 32.2. The van der Waals surface area contributed by atoms with E-state index in [-0.39, 0.29) is 17.6 Å². The van der Waals surface area contributed by atoms with Gasteiger partial charge in [0.05, 0.1) is 22.7 Å². The van der Waals surface area contributed by atoms with Gasteiger partial charge in [-0.15, -0.1) is 0 Å². The lowest BCUT2D eigenvalue weighted by molar-refractivity contribution is -0.137. The number of carboxylic acids is 1. The van der Waals surface area contributed by atoms with Gasteiger partial charge in [0.25, 0.3) is 0 Å². The zero-order valence-corrected chi connectivity index (χ0v) is 13.5. The van der Waals surface area contributed by atoms with Crippen LogP contribution in [0.4, 0.5) is 0 Å². The van der Waals surface area contributed by atoms with E-state index in [2.05, 4.69) is 10.3 Å². The number of carbonyl (C=O) groups excluding carboxylic acids is 1. The lowest BCUT2D eigenvalue weighted by Crippen LogP contribution is -2.35. The highest BCUT2D eigenvalue weighted by molar-refractivity contribution is 8.00. The zero-order chi connectivity index (χ0) is 16.7. The summed E-state index contributed by atoms with van der Waals surface area (Å²) < 4.78 is 0. The van der Waals surface area contributed by atoms with Crippen molar-refractivity contribution in [3.05, 3.63) is 60.3 Å². The maximum Gasteiger partial charge on any atom is 0.305 e. The van der Waals surface area contributed by atoms with E-state index in [0.29, 0.717) is 0 Å². The van der Waals surface area contributed by atoms with Crippen LogP contribution in [0.25, 0.3) is 0 Å². The molecule has 0 bridgehead atoms. The number of carbonyl (C=O) groups is 2. The topological polar surface area (TPSA) is 79.3 Å². The van der Waals surface area contributed by atoms with Crippen LogP contribution in [0.15, 0.2) is 59.8 Å². The van der Waals surface area contributed by atoms with Crippen LogP contribution in [0.3, 0.4) is 0 Å². The Bertz CT molecular complexity index is 649. The molecule has 0 spiro atoms. The minimum atomic E-state index is -0.954. The number of hydrogen-bond acceptors (Lipinski definition) is 4. The Morgan fingerprint density at radius 2 is 1.87 bits per heavy atom. The summed E-state index contributed by atoms with van der Waals surface area (Å²) in [6.45, 7) is 1.78. The van der Waals surface area contributed by atoms with Gasteiger partial charge >= 0.3 is 5.97 Å². The number of benzene rings is 1. The summed E-state index contributed by atoms with van der Waals surface area (Å²) in [6, 6.07) is 14.1. The van der Waals surface area contributed by atoms with Crippen LogP contribution >= 0.6 is 11.8 Å². The molecule has 2 N–H and O–H groups in total. The smallest absolute Gasteiger partial charge is 0.305 e. The van der Waals surface area contributed by atoms with Crippen molar-refractivity contribution < 1.29 is 14.7 Å². The summed E-state index contributed by atoms with van der Waals surface area (Å²) in [5.74, 6) is -1.17. The van der Waals surface area contributed by atoms with Crippen molar-refractivity contribution in [1.29, 1.82) is 0 Å². The Hall–Kier alpha value is -2.34. The molecule has 2 unspecified atom stereocenters. The molecular weight excluding hydrogens is 312 g/mol. The van der Waals surface area contributed by atoms with Crippen molar-refractivity contribution >= 4 is 23.6 Å². The fourth-order valence-corrected chi connectivity index (χ4v) is 2.87. The summed E-state index contributed by atoms with van der Waals surface area (Å²) in [6.07, 6.45) is 1.51. The first-order chi connectivity index (χ1) is 11.1. The van der Waals surface area contributed by atoms with E-state index in [1.165, 1.54) is 11.8 Å². The average Bonchev–Trinajstić information content (AvgIpc) is 2.55. The number of rotatable bonds is 7. The second-order valence-corrected chi connectivity index (χ2v) is 6.36. The third kappa shape index (κ3) is 5.41. The number of carboxylic acid groups (broad SMARTS) is 1. The predicted octanol–water partition coefficient (Wildman–Crippen LogP) is 2.89. The molecule has 0 aliphatic carbocycles. The Labute approximate surface area is 139 Å². The first kappa shape index (κ1) is 17.0. The monoisotopic (exact) mass is 330 g/mol. The van der Waals surface area contributed by atoms with Crippen molar-refractivity contribution in [1.82, 2.24) is 10.3 Å². The lowest BCUT2D eigenvalue weighted by atomic mass is 10.0. The largest absolute Gasteiger partial charge is 0.481 e. The van der Waals surface area contributed by atoms with E-state index in [0.717, 1.165) is 10.6 Å². The van der Waals surface area contributed by atoms with Crippen LogP contribution in [0, 0.1) is 0 Å². The highest BCUT2D eigenvalue weighted by Gasteiger charge is 2.22. The summed E-state index contributed by atoms with van der Waals surface area (Å²) in [4.78, 5) is 27.6. The van der Waals surface area contributed by atoms with Crippen molar-refractivity contribution in [2.75, 3.05) is 0 Å². The maximum absolute atomic E-state index is 12.4. The van der Waals surface area contributed by atoms with Crippen LogP contribution in [0.2, 0.25) is 0 Å². The highest BCUT2D eigenvalue weighted by Crippen LogP contribution is 2.22. The van der Waals surface area contributed by atoms with Gasteiger partial charge in [-0.05, 0) is 24.6 Å². The maximum atomic E-state index is 12.4. The van der Waals surface area contributed by atoms with E-state index in [1.807, 2.05) is 48.5 Å². The molecule has 1 amide bonds. The molecule has 1 aromatic heterocycles. The molecule has 1 heterocycles. The molecule has 23 heavy (non-hydrogen) atoms. The minimum Gasteiger partial charge on any atom is -0.481 e. The first-order valence-electron chi connectivity index (χ1n) is 7.21. The molecular formula is C17H18N2O3S. The van der Waals surface area contributed by atoms with Gasteiger partial charge in [0.1, 0.15) is 0 Å². The van der Waals surface area contributed by atoms with Crippen LogP contribution < -0.4 is 5.32 Å². The van der Waals surface area contributed by atoms with Gasteiger partial charge in [-0.1, -0.05) is 48.2 Å². The Morgan fingerprint density at radius 3 is 2.48 bits per heavy atom. The van der Waals surface area contributed by atoms with Gasteiger partial charge in [-0.25, -0.2) is 4.98 Å². The molecule has 0 radical (unpaired) electrons. The molecule has 2 atom stereocenters. The van der Waals surface area contributed by atoms with Crippen LogP contribution in [-0.4, -0.2) is 27.2 Å². The molecule has 6 heteroatoms. The molecule has 0 saturated heterocycles. The molecule has 0 fully saturated rings. The Balaban J connectivity index is 2.03. The van der Waals surface area contributed by atoms with Gasteiger partial charge in [-0.3, -0.25) is 9.59 Å². The lowest BCUT2D eigenvalue weighted by Gasteiger charge is -2.20. The van der Waals surface area contributed by atoms with Gasteiger partial charge in [0.15, 0.2) is 0 Å². The Kier molecular flexibility index (Phi) is 6.17. The molecule has 0 aliphatic heterocycles. The molecule has 0 saturated carbocycles. The summed E-state index contributed by atoms with van der Waals surface area (Å²) >= 11 is 1.34. The van der Waals surface area contributed by atoms with Gasteiger partial charge < -0.3 is 10.4 Å². The SMILES string of the molecule is CC(Sc1ccccn1)C(=O)NC(CC(=O)O)c1ccccc1. The van der Waals surface area contributed by atoms with E-state index >= 15 is 0 Å². The van der Waals surface area contributed by atoms with Gasteiger partial charge in [0.2, 0.25) is 5.91 Å². The number of nitrogens with zero attached hydrogens (tertiary/aromatic N) is 1. The van der Waals surface area contributed by atoms with Crippen molar-refractivity contribution in [3.8, 4) is 0 Å². The normalized spacial score (nSPS) is 13.1. The van der Waals surface area contributed by atoms with Crippen molar-refractivity contribution in [2.45, 2.75) is 29.7 Å².